The van der Waals surface area contributed by atoms with Gasteiger partial charge in [-0.1, -0.05) is 25.5 Å². The monoisotopic (exact) mass is 482 g/mol. The molecule has 8 nitrogen and oxygen atoms in total. The van der Waals surface area contributed by atoms with E-state index < -0.39 is 41.2 Å². The van der Waals surface area contributed by atoms with E-state index in [2.05, 4.69) is 5.32 Å². The molecule has 5 atom stereocenters. The second-order valence-electron chi connectivity index (χ2n) is 11.2. The number of hydrogen-bond acceptors (Lipinski definition) is 7. The van der Waals surface area contributed by atoms with Gasteiger partial charge in [0, 0.05) is 19.4 Å². The molecule has 1 heterocycles. The Hall–Kier alpha value is -1.93. The lowest BCUT2D eigenvalue weighted by molar-refractivity contribution is -0.170. The van der Waals surface area contributed by atoms with Gasteiger partial charge in [-0.3, -0.25) is 19.3 Å². The molecule has 2 N–H and O–H groups in total. The summed E-state index contributed by atoms with van der Waals surface area (Å²) in [7, 11) is 0. The average Bonchev–Trinajstić information content (AvgIpc) is 3.06. The molecular formula is C26H46N2O6. The van der Waals surface area contributed by atoms with Crippen LogP contribution in [-0.4, -0.2) is 70.3 Å². The first-order chi connectivity index (χ1) is 15.6. The van der Waals surface area contributed by atoms with E-state index in [9.17, 15) is 19.5 Å². The molecule has 196 valence electrons. The van der Waals surface area contributed by atoms with Crippen molar-refractivity contribution in [1.29, 1.82) is 0 Å². The molecule has 34 heavy (non-hydrogen) atoms. The van der Waals surface area contributed by atoms with E-state index >= 15 is 0 Å². The Balaban J connectivity index is 3.56. The van der Waals surface area contributed by atoms with Crippen molar-refractivity contribution in [2.75, 3.05) is 13.2 Å². The molecule has 8 heteroatoms. The number of esters is 2. The van der Waals surface area contributed by atoms with E-state index in [1.165, 1.54) is 6.92 Å². The van der Waals surface area contributed by atoms with E-state index in [1.54, 1.807) is 20.8 Å². The largest absolute Gasteiger partial charge is 0.459 e. The first kappa shape index (κ1) is 30.1. The molecule has 1 amide bonds. The lowest BCUT2D eigenvalue weighted by Crippen LogP contribution is -2.58. The number of nitrogens with one attached hydrogen (secondary N) is 1. The number of likely N-dealkylation sites (tertiary alicyclic amines) is 1. The minimum absolute atomic E-state index is 0.0584. The third-order valence-corrected chi connectivity index (χ3v) is 5.65. The number of aliphatic hydroxyl groups is 1. The molecular weight excluding hydrogens is 436 g/mol. The maximum Gasteiger partial charge on any atom is 0.324 e. The number of rotatable bonds is 10. The Labute approximate surface area is 205 Å². The lowest BCUT2D eigenvalue weighted by atomic mass is 9.86. The van der Waals surface area contributed by atoms with E-state index in [1.807, 2.05) is 51.7 Å². The maximum absolute atomic E-state index is 13.7. The van der Waals surface area contributed by atoms with Gasteiger partial charge in [-0.2, -0.15) is 0 Å². The Bertz CT molecular complexity index is 722. The fraction of sp³-hybridized carbons (Fsp3) is 0.808. The van der Waals surface area contributed by atoms with Crippen LogP contribution in [0.15, 0.2) is 12.2 Å². The van der Waals surface area contributed by atoms with E-state index in [-0.39, 0.29) is 24.4 Å². The molecule has 0 aromatic heterocycles. The van der Waals surface area contributed by atoms with E-state index in [0.717, 1.165) is 6.42 Å². The van der Waals surface area contributed by atoms with Crippen molar-refractivity contribution in [2.24, 2.45) is 11.8 Å². The molecule has 0 saturated carbocycles. The van der Waals surface area contributed by atoms with Gasteiger partial charge in [0.05, 0.1) is 12.6 Å². The predicted octanol–water partition coefficient (Wildman–Crippen LogP) is 3.22. The van der Waals surface area contributed by atoms with Crippen LogP contribution in [0.3, 0.4) is 0 Å². The van der Waals surface area contributed by atoms with Crippen molar-refractivity contribution >= 4 is 17.8 Å². The summed E-state index contributed by atoms with van der Waals surface area (Å²) in [6.45, 7) is 16.3. The van der Waals surface area contributed by atoms with Crippen LogP contribution in [0.2, 0.25) is 0 Å². The summed E-state index contributed by atoms with van der Waals surface area (Å²) in [6.07, 6.45) is 5.78. The second-order valence-corrected chi connectivity index (χ2v) is 11.2. The van der Waals surface area contributed by atoms with Crippen molar-refractivity contribution in [1.82, 2.24) is 10.2 Å². The number of nitrogens with zero attached hydrogens (tertiary/aromatic N) is 1. The first-order valence-electron chi connectivity index (χ1n) is 12.4. The van der Waals surface area contributed by atoms with Crippen molar-refractivity contribution in [3.05, 3.63) is 12.2 Å². The molecule has 1 saturated heterocycles. The Morgan fingerprint density at radius 1 is 1.12 bits per heavy atom. The lowest BCUT2D eigenvalue weighted by Gasteiger charge is -2.40. The first-order valence-corrected chi connectivity index (χ1v) is 12.4. The summed E-state index contributed by atoms with van der Waals surface area (Å²) >= 11 is 0. The van der Waals surface area contributed by atoms with Gasteiger partial charge in [-0.15, -0.1) is 0 Å². The fourth-order valence-corrected chi connectivity index (χ4v) is 4.60. The van der Waals surface area contributed by atoms with E-state index in [0.29, 0.717) is 19.4 Å². The highest BCUT2D eigenvalue weighted by atomic mass is 16.6. The summed E-state index contributed by atoms with van der Waals surface area (Å²) < 4.78 is 11.5. The maximum atomic E-state index is 13.7. The number of carbonyl (C=O) groups is 3. The summed E-state index contributed by atoms with van der Waals surface area (Å²) in [5.74, 6) is -1.54. The molecule has 0 bridgehead atoms. The van der Waals surface area contributed by atoms with Crippen LogP contribution in [-0.2, 0) is 23.9 Å². The fourth-order valence-electron chi connectivity index (χ4n) is 4.60. The summed E-state index contributed by atoms with van der Waals surface area (Å²) in [4.78, 5) is 40.7. The molecule has 3 unspecified atom stereocenters. The molecule has 1 fully saturated rings. The van der Waals surface area contributed by atoms with Crippen LogP contribution < -0.4 is 5.32 Å². The highest BCUT2D eigenvalue weighted by Crippen LogP contribution is 2.34. The van der Waals surface area contributed by atoms with Crippen LogP contribution >= 0.6 is 0 Å². The molecule has 1 aliphatic rings. The van der Waals surface area contributed by atoms with Crippen molar-refractivity contribution in [3.63, 3.8) is 0 Å². The number of hydrogen-bond donors (Lipinski definition) is 2. The minimum Gasteiger partial charge on any atom is -0.459 e. The van der Waals surface area contributed by atoms with Crippen LogP contribution in [0.5, 0.6) is 0 Å². The highest BCUT2D eigenvalue weighted by Gasteiger charge is 2.49. The SMILES string of the molecule is CC=CC1CC(C(=O)OC(C)(C)C)N([C@@H](C(=O)OC(C)(C)C)[C@H](CCC)C(CO)NC(C)=O)C1. The minimum atomic E-state index is -0.837. The smallest absolute Gasteiger partial charge is 0.324 e. The zero-order valence-electron chi connectivity index (χ0n) is 22.5. The van der Waals surface area contributed by atoms with Gasteiger partial charge in [0.25, 0.3) is 0 Å². The summed E-state index contributed by atoms with van der Waals surface area (Å²) in [5, 5.41) is 13.0. The number of aliphatic hydroxyl groups excluding tert-OH is 1. The van der Waals surface area contributed by atoms with Gasteiger partial charge < -0.3 is 19.9 Å². The van der Waals surface area contributed by atoms with Crippen LogP contribution in [0.25, 0.3) is 0 Å². The third-order valence-electron chi connectivity index (χ3n) is 5.65. The van der Waals surface area contributed by atoms with Gasteiger partial charge in [-0.25, -0.2) is 0 Å². The van der Waals surface area contributed by atoms with Gasteiger partial charge in [0.2, 0.25) is 5.91 Å². The molecule has 0 spiro atoms. The number of amides is 1. The van der Waals surface area contributed by atoms with Crippen molar-refractivity contribution in [3.8, 4) is 0 Å². The highest BCUT2D eigenvalue weighted by molar-refractivity contribution is 5.81. The van der Waals surface area contributed by atoms with Crippen molar-refractivity contribution in [2.45, 2.75) is 111 Å². The standard InChI is InChI=1S/C26H46N2O6/c1-10-12-18-14-21(23(31)33-25(4,5)6)28(15-18)22(24(32)34-26(7,8)9)19(13-11-2)20(16-29)27-17(3)30/h10,12,18-22,29H,11,13-16H2,1-9H3,(H,27,30)/t18?,19-,20?,21?,22-/m1/s1. The second kappa shape index (κ2) is 12.7. The zero-order valence-corrected chi connectivity index (χ0v) is 22.5. The van der Waals surface area contributed by atoms with E-state index in [4.69, 9.17) is 9.47 Å². The van der Waals surface area contributed by atoms with Crippen LogP contribution in [0, 0.1) is 11.8 Å². The molecule has 0 aromatic rings. The Morgan fingerprint density at radius 2 is 1.71 bits per heavy atom. The quantitative estimate of drug-likeness (QED) is 0.364. The zero-order chi connectivity index (χ0) is 26.3. The normalized spacial score (nSPS) is 22.3. The third kappa shape index (κ3) is 9.37. The molecule has 0 radical (unpaired) electrons. The average molecular weight is 483 g/mol. The van der Waals surface area contributed by atoms with Gasteiger partial charge in [-0.05, 0) is 67.2 Å². The predicted molar refractivity (Wildman–Crippen MR) is 132 cm³/mol. The van der Waals surface area contributed by atoms with Crippen LogP contribution in [0.1, 0.15) is 81.6 Å². The molecule has 0 aromatic carbocycles. The number of carbonyl (C=O) groups excluding carboxylic acids is 3. The topological polar surface area (TPSA) is 105 Å². The Morgan fingerprint density at radius 3 is 2.15 bits per heavy atom. The molecule has 1 rings (SSSR count). The molecule has 1 aliphatic heterocycles. The summed E-state index contributed by atoms with van der Waals surface area (Å²) in [6, 6.07) is -2.14. The van der Waals surface area contributed by atoms with Gasteiger partial charge in [0.1, 0.15) is 23.3 Å². The van der Waals surface area contributed by atoms with Gasteiger partial charge in [0.15, 0.2) is 0 Å². The van der Waals surface area contributed by atoms with Crippen molar-refractivity contribution < 1.29 is 29.0 Å². The summed E-state index contributed by atoms with van der Waals surface area (Å²) in [5.41, 5.74) is -1.41. The Kier molecular flexibility index (Phi) is 11.2. The molecule has 0 aliphatic carbocycles. The number of ether oxygens (including phenoxy) is 2. The van der Waals surface area contributed by atoms with Gasteiger partial charge >= 0.3 is 11.9 Å². The number of allylic oxidation sites excluding steroid dienone is 1. The van der Waals surface area contributed by atoms with Crippen LogP contribution in [0.4, 0.5) is 0 Å².